The van der Waals surface area contributed by atoms with Gasteiger partial charge in [0.2, 0.25) is 0 Å². The van der Waals surface area contributed by atoms with Crippen LogP contribution in [0.1, 0.15) is 5.56 Å². The summed E-state index contributed by atoms with van der Waals surface area (Å²) in [5.41, 5.74) is -4.65. The van der Waals surface area contributed by atoms with E-state index in [2.05, 4.69) is 10.3 Å². The van der Waals surface area contributed by atoms with Gasteiger partial charge in [0.05, 0.1) is 49.6 Å². The first-order chi connectivity index (χ1) is 24.1. The van der Waals surface area contributed by atoms with Crippen molar-refractivity contribution in [1.29, 1.82) is 0 Å². The van der Waals surface area contributed by atoms with Crippen LogP contribution >= 0.6 is 0 Å². The molecule has 0 atom stereocenters. The van der Waals surface area contributed by atoms with Gasteiger partial charge in [-0.05, 0) is 41.8 Å². The monoisotopic (exact) mass is 790 g/mol. The smallest absolute Gasteiger partial charge is 0.296 e. The fourth-order valence-corrected chi connectivity index (χ4v) is 8.66. The Labute approximate surface area is 292 Å². The first-order valence-corrected chi connectivity index (χ1v) is 20.3. The van der Waals surface area contributed by atoms with Crippen molar-refractivity contribution in [2.45, 2.75) is 19.6 Å². The van der Waals surface area contributed by atoms with E-state index < -0.39 is 122 Å². The molecule has 0 bridgehead atoms. The van der Waals surface area contributed by atoms with Crippen LogP contribution in [0.5, 0.6) is 0 Å². The lowest BCUT2D eigenvalue weighted by Crippen LogP contribution is -2.33. The second-order valence-electron chi connectivity index (χ2n) is 11.2. The molecule has 0 fully saturated rings. The number of benzene rings is 4. The van der Waals surface area contributed by atoms with E-state index >= 15 is 0 Å². The molecule has 17 nitrogen and oxygen atoms in total. The highest BCUT2D eigenvalue weighted by molar-refractivity contribution is 7.91. The van der Waals surface area contributed by atoms with E-state index in [4.69, 9.17) is 0 Å². The molecule has 4 aromatic rings. The first kappa shape index (κ1) is 36.7. The van der Waals surface area contributed by atoms with E-state index in [0.717, 1.165) is 36.4 Å². The Hall–Kier alpha value is -5.13. The molecule has 6 N–H and O–H groups in total. The Morgan fingerprint density at radius 3 is 1.94 bits per heavy atom. The molecular formula is C31H22N2O15S4. The maximum atomic E-state index is 14.2. The SMILES string of the molecule is O=c1nc2c(S(=O)(=O)O)cc(Nc3cc(S(=O)(=O)CCO)ccc3S(=O)(=O)O)c3c2=c(c1=C(O)c1cccc(S(=O)(=O)O)c1)c1ccccc1c3=O. The molecule has 6 rings (SSSR count). The Balaban J connectivity index is 1.89. The molecule has 0 radical (unpaired) electrons. The van der Waals surface area contributed by atoms with E-state index in [9.17, 15) is 67.1 Å². The molecule has 0 aromatic heterocycles. The molecule has 0 saturated heterocycles. The van der Waals surface area contributed by atoms with Crippen molar-refractivity contribution in [3.8, 4) is 0 Å². The van der Waals surface area contributed by atoms with E-state index in [1.165, 1.54) is 24.3 Å². The maximum Gasteiger partial charge on any atom is 0.296 e. The number of fused-ring (bicyclic) bond motifs is 2. The van der Waals surface area contributed by atoms with Crippen molar-refractivity contribution >= 4 is 79.0 Å². The standard InChI is InChI=1S/C31H22N2O15S4/c34-10-11-49(38,39)16-8-9-22(51(43,44)45)20(13-16)32-21-14-23(52(46,47)48)28-26-24(18-6-1-2-7-19(18)30(36)25(21)26)27(31(37)33-28)29(35)15-4-3-5-17(12-15)50(40,41)42/h1-9,12-14,32,34-35H,10-11H2,(H,40,41,42)(H,43,44,45)(H,46,47,48). The minimum absolute atomic E-state index is 0.0638. The van der Waals surface area contributed by atoms with Gasteiger partial charge in [-0.2, -0.15) is 25.3 Å². The number of aliphatic hydroxyl groups excluding tert-OH is 2. The Bertz CT molecular complexity index is 3210. The van der Waals surface area contributed by atoms with Crippen molar-refractivity contribution in [2.75, 3.05) is 17.7 Å². The average molecular weight is 791 g/mol. The van der Waals surface area contributed by atoms with Gasteiger partial charge in [-0.3, -0.25) is 23.2 Å². The zero-order valence-electron chi connectivity index (χ0n) is 25.7. The molecule has 4 aromatic carbocycles. The third-order valence-electron chi connectivity index (χ3n) is 8.00. The highest BCUT2D eigenvalue weighted by Gasteiger charge is 2.27. The highest BCUT2D eigenvalue weighted by Crippen LogP contribution is 2.34. The summed E-state index contributed by atoms with van der Waals surface area (Å²) in [6, 6.07) is 12.4. The second-order valence-corrected chi connectivity index (χ2v) is 17.5. The van der Waals surface area contributed by atoms with Crippen LogP contribution in [0.25, 0.3) is 27.4 Å². The number of anilines is 2. The number of rotatable bonds is 9. The van der Waals surface area contributed by atoms with Gasteiger partial charge in [-0.1, -0.05) is 36.4 Å². The minimum Gasteiger partial charge on any atom is -0.506 e. The Morgan fingerprint density at radius 2 is 1.33 bits per heavy atom. The normalized spacial score (nSPS) is 13.5. The zero-order chi connectivity index (χ0) is 38.1. The molecule has 1 heterocycles. The van der Waals surface area contributed by atoms with Gasteiger partial charge in [0.15, 0.2) is 15.3 Å². The fourth-order valence-electron chi connectivity index (χ4n) is 5.80. The quantitative estimate of drug-likeness (QED) is 0.111. The van der Waals surface area contributed by atoms with Crippen LogP contribution < -0.4 is 21.5 Å². The molecule has 1 aliphatic heterocycles. The molecule has 270 valence electrons. The number of nitrogens with zero attached hydrogens (tertiary/aromatic N) is 1. The van der Waals surface area contributed by atoms with Crippen molar-refractivity contribution in [1.82, 2.24) is 4.98 Å². The minimum atomic E-state index is -5.37. The van der Waals surface area contributed by atoms with Gasteiger partial charge in [-0.15, -0.1) is 0 Å². The predicted octanol–water partition coefficient (Wildman–Crippen LogP) is 0.954. The molecule has 1 aliphatic carbocycles. The second kappa shape index (κ2) is 12.5. The number of hydrogen-bond acceptors (Lipinski definition) is 14. The van der Waals surface area contributed by atoms with E-state index in [1.54, 1.807) is 0 Å². The van der Waals surface area contributed by atoms with Crippen LogP contribution in [0.3, 0.4) is 0 Å². The van der Waals surface area contributed by atoms with Crippen LogP contribution in [0.4, 0.5) is 11.4 Å². The molecule has 21 heteroatoms. The van der Waals surface area contributed by atoms with Crippen molar-refractivity contribution in [3.05, 3.63) is 115 Å². The number of aromatic nitrogens is 1. The van der Waals surface area contributed by atoms with Crippen molar-refractivity contribution < 1.29 is 57.5 Å². The number of nitrogens with one attached hydrogen (secondary N) is 1. The largest absolute Gasteiger partial charge is 0.506 e. The molecule has 52 heavy (non-hydrogen) atoms. The van der Waals surface area contributed by atoms with Crippen molar-refractivity contribution in [2.24, 2.45) is 0 Å². The summed E-state index contributed by atoms with van der Waals surface area (Å²) in [6.45, 7) is -0.824. The van der Waals surface area contributed by atoms with Gasteiger partial charge in [0, 0.05) is 21.4 Å². The summed E-state index contributed by atoms with van der Waals surface area (Å²) in [4.78, 5) is 28.5. The number of hydrogen-bond donors (Lipinski definition) is 6. The third-order valence-corrected chi connectivity index (χ3v) is 12.3. The number of aliphatic hydroxyl groups is 2. The summed E-state index contributed by atoms with van der Waals surface area (Å²) >= 11 is 0. The highest BCUT2D eigenvalue weighted by atomic mass is 32.2. The molecule has 0 amide bonds. The third kappa shape index (κ3) is 6.32. The lowest BCUT2D eigenvalue weighted by molar-refractivity contribution is 0.319. The summed E-state index contributed by atoms with van der Waals surface area (Å²) in [6.07, 6.45) is 0. The van der Waals surface area contributed by atoms with Crippen LogP contribution in [-0.4, -0.2) is 74.9 Å². The van der Waals surface area contributed by atoms with Gasteiger partial charge in [0.25, 0.3) is 35.9 Å². The van der Waals surface area contributed by atoms with Crippen LogP contribution in [0.2, 0.25) is 0 Å². The van der Waals surface area contributed by atoms with Crippen molar-refractivity contribution in [3.63, 3.8) is 0 Å². The molecule has 0 spiro atoms. The summed E-state index contributed by atoms with van der Waals surface area (Å²) in [5.74, 6) is -1.74. The van der Waals surface area contributed by atoms with E-state index in [1.807, 2.05) is 0 Å². The van der Waals surface area contributed by atoms with E-state index in [0.29, 0.717) is 12.1 Å². The first-order valence-electron chi connectivity index (χ1n) is 14.3. The lowest BCUT2D eigenvalue weighted by Gasteiger charge is -2.17. The van der Waals surface area contributed by atoms with Gasteiger partial charge in [-0.25, -0.2) is 13.4 Å². The lowest BCUT2D eigenvalue weighted by atomic mass is 9.96. The molecular weight excluding hydrogens is 769 g/mol. The summed E-state index contributed by atoms with van der Waals surface area (Å²) in [5, 5.41) is 21.0. The van der Waals surface area contributed by atoms with Gasteiger partial charge < -0.3 is 15.5 Å². The average Bonchev–Trinajstić information content (AvgIpc) is 3.05. The molecule has 0 unspecified atom stereocenters. The zero-order valence-corrected chi connectivity index (χ0v) is 29.0. The van der Waals surface area contributed by atoms with Gasteiger partial charge >= 0.3 is 0 Å². The topological polar surface area (TPSA) is 297 Å². The van der Waals surface area contributed by atoms with Crippen LogP contribution in [0.15, 0.2) is 102 Å². The van der Waals surface area contributed by atoms with Crippen LogP contribution in [0, 0.1) is 10.4 Å². The summed E-state index contributed by atoms with van der Waals surface area (Å²) < 4.78 is 129. The van der Waals surface area contributed by atoms with Gasteiger partial charge in [0.1, 0.15) is 15.6 Å². The number of sulfone groups is 1. The fraction of sp³-hybridized carbons (Fsp3) is 0.0645. The predicted molar refractivity (Wildman–Crippen MR) is 183 cm³/mol. The van der Waals surface area contributed by atoms with Crippen LogP contribution in [-0.2, 0) is 40.2 Å². The molecule has 2 aliphatic rings. The Kier molecular flexibility index (Phi) is 8.83. The maximum absolute atomic E-state index is 14.2. The Morgan fingerprint density at radius 1 is 0.673 bits per heavy atom. The molecule has 0 saturated carbocycles. The van der Waals surface area contributed by atoms with E-state index in [-0.39, 0.29) is 21.6 Å². The summed E-state index contributed by atoms with van der Waals surface area (Å²) in [7, 11) is -19.6.